The Morgan fingerprint density at radius 1 is 1.32 bits per heavy atom. The van der Waals surface area contributed by atoms with Gasteiger partial charge in [0.1, 0.15) is 0 Å². The van der Waals surface area contributed by atoms with Crippen LogP contribution in [-0.2, 0) is 13.0 Å². The van der Waals surface area contributed by atoms with Crippen LogP contribution in [0.15, 0.2) is 16.8 Å². The van der Waals surface area contributed by atoms with Gasteiger partial charge in [-0.3, -0.25) is 0 Å². The van der Waals surface area contributed by atoms with Crippen molar-refractivity contribution in [2.45, 2.75) is 53.6 Å². The lowest BCUT2D eigenvalue weighted by molar-refractivity contribution is 0.380. The van der Waals surface area contributed by atoms with E-state index in [1.165, 1.54) is 5.56 Å². The van der Waals surface area contributed by atoms with Gasteiger partial charge in [-0.15, -0.1) is 0 Å². The Labute approximate surface area is 114 Å². The molecule has 4 nitrogen and oxygen atoms in total. The van der Waals surface area contributed by atoms with Crippen molar-refractivity contribution in [3.63, 3.8) is 0 Å². The molecule has 0 aliphatic rings. The van der Waals surface area contributed by atoms with Crippen LogP contribution in [0, 0.1) is 5.41 Å². The largest absolute Gasteiger partial charge is 0.336 e. The highest BCUT2D eigenvalue weighted by Gasteiger charge is 2.18. The zero-order valence-corrected chi connectivity index (χ0v) is 12.4. The minimum absolute atomic E-state index is 0.190. The summed E-state index contributed by atoms with van der Waals surface area (Å²) < 4.78 is 5.29. The van der Waals surface area contributed by atoms with E-state index >= 15 is 0 Å². The number of hydrogen-bond donors (Lipinski definition) is 1. The van der Waals surface area contributed by atoms with Gasteiger partial charge in [0.15, 0.2) is 0 Å². The monoisotopic (exact) mass is 261 g/mol. The van der Waals surface area contributed by atoms with E-state index in [2.05, 4.69) is 56.1 Å². The van der Waals surface area contributed by atoms with Crippen LogP contribution in [0.5, 0.6) is 0 Å². The first-order valence-corrected chi connectivity index (χ1v) is 6.82. The van der Waals surface area contributed by atoms with Crippen molar-refractivity contribution in [3.8, 4) is 0 Å². The van der Waals surface area contributed by atoms with E-state index in [1.54, 1.807) is 0 Å². The van der Waals surface area contributed by atoms with Crippen LogP contribution in [0.1, 0.15) is 45.9 Å². The highest BCUT2D eigenvalue weighted by molar-refractivity contribution is 5.76. The Morgan fingerprint density at radius 2 is 2.05 bits per heavy atom. The normalized spacial score (nSPS) is 12.5. The van der Waals surface area contributed by atoms with Gasteiger partial charge in [-0.25, -0.2) is 4.98 Å². The van der Waals surface area contributed by atoms with Crippen LogP contribution in [0.2, 0.25) is 0 Å². The molecule has 0 saturated carbocycles. The standard InChI is InChI=1S/C15H23N3O/c1-10(2)16-8-11-6-12-13(7-15(3,4)5)18-19-14(12)17-9-11/h6,9-10,16H,7-8H2,1-5H3. The molecule has 104 valence electrons. The number of pyridine rings is 1. The highest BCUT2D eigenvalue weighted by atomic mass is 16.5. The Balaban J connectivity index is 2.27. The van der Waals surface area contributed by atoms with Gasteiger partial charge in [0, 0.05) is 18.8 Å². The molecule has 4 heteroatoms. The number of aromatic nitrogens is 2. The van der Waals surface area contributed by atoms with Crippen molar-refractivity contribution in [2.24, 2.45) is 5.41 Å². The third-order valence-electron chi connectivity index (χ3n) is 2.87. The van der Waals surface area contributed by atoms with Crippen molar-refractivity contribution < 1.29 is 4.52 Å². The molecule has 2 aromatic rings. The molecule has 0 spiro atoms. The van der Waals surface area contributed by atoms with Crippen LogP contribution in [0.25, 0.3) is 11.1 Å². The summed E-state index contributed by atoms with van der Waals surface area (Å²) in [4.78, 5) is 4.34. The zero-order valence-electron chi connectivity index (χ0n) is 12.4. The van der Waals surface area contributed by atoms with E-state index in [0.29, 0.717) is 11.8 Å². The maximum atomic E-state index is 5.29. The molecule has 0 atom stereocenters. The van der Waals surface area contributed by atoms with E-state index < -0.39 is 0 Å². The summed E-state index contributed by atoms with van der Waals surface area (Å²) in [6.45, 7) is 11.7. The maximum Gasteiger partial charge on any atom is 0.257 e. The van der Waals surface area contributed by atoms with Crippen molar-refractivity contribution >= 4 is 11.1 Å². The predicted molar refractivity (Wildman–Crippen MR) is 76.9 cm³/mol. The first-order chi connectivity index (χ1) is 8.85. The first-order valence-electron chi connectivity index (χ1n) is 6.82. The molecule has 0 radical (unpaired) electrons. The molecule has 1 N–H and O–H groups in total. The smallest absolute Gasteiger partial charge is 0.257 e. The highest BCUT2D eigenvalue weighted by Crippen LogP contribution is 2.25. The summed E-state index contributed by atoms with van der Waals surface area (Å²) in [7, 11) is 0. The fourth-order valence-electron chi connectivity index (χ4n) is 1.97. The zero-order chi connectivity index (χ0) is 14.0. The molecule has 0 aliphatic carbocycles. The van der Waals surface area contributed by atoms with E-state index in [-0.39, 0.29) is 5.41 Å². The minimum atomic E-state index is 0.190. The Hall–Kier alpha value is -1.42. The summed E-state index contributed by atoms with van der Waals surface area (Å²) in [5, 5.41) is 8.59. The molecule has 0 amide bonds. The quantitative estimate of drug-likeness (QED) is 0.917. The van der Waals surface area contributed by atoms with Crippen LogP contribution in [-0.4, -0.2) is 16.2 Å². The summed E-state index contributed by atoms with van der Waals surface area (Å²) in [5.74, 6) is 0. The molecule has 0 fully saturated rings. The molecule has 2 heterocycles. The average Bonchev–Trinajstić information content (AvgIpc) is 2.67. The Kier molecular flexibility index (Phi) is 3.90. The van der Waals surface area contributed by atoms with Gasteiger partial charge >= 0.3 is 0 Å². The first kappa shape index (κ1) is 14.0. The van der Waals surface area contributed by atoms with E-state index in [1.807, 2.05) is 6.20 Å². The van der Waals surface area contributed by atoms with Gasteiger partial charge in [0.25, 0.3) is 5.71 Å². The molecule has 0 aliphatic heterocycles. The van der Waals surface area contributed by atoms with Crippen molar-refractivity contribution in [2.75, 3.05) is 0 Å². The second-order valence-corrected chi connectivity index (χ2v) is 6.60. The minimum Gasteiger partial charge on any atom is -0.336 e. The van der Waals surface area contributed by atoms with E-state index in [4.69, 9.17) is 4.52 Å². The number of hydrogen-bond acceptors (Lipinski definition) is 4. The third-order valence-corrected chi connectivity index (χ3v) is 2.87. The molecule has 19 heavy (non-hydrogen) atoms. The summed E-state index contributed by atoms with van der Waals surface area (Å²) in [6, 6.07) is 2.60. The molecule has 0 bridgehead atoms. The van der Waals surface area contributed by atoms with Gasteiger partial charge < -0.3 is 9.84 Å². The third kappa shape index (κ3) is 3.77. The van der Waals surface area contributed by atoms with Crippen LogP contribution in [0.4, 0.5) is 0 Å². The topological polar surface area (TPSA) is 51.0 Å². The summed E-state index contributed by atoms with van der Waals surface area (Å²) >= 11 is 0. The second kappa shape index (κ2) is 5.29. The summed E-state index contributed by atoms with van der Waals surface area (Å²) in [5.41, 5.74) is 2.99. The van der Waals surface area contributed by atoms with Gasteiger partial charge in [-0.2, -0.15) is 0 Å². The lowest BCUT2D eigenvalue weighted by Gasteiger charge is -2.15. The van der Waals surface area contributed by atoms with E-state index in [9.17, 15) is 0 Å². The van der Waals surface area contributed by atoms with E-state index in [0.717, 1.165) is 24.0 Å². The van der Waals surface area contributed by atoms with Gasteiger partial charge in [0.05, 0.1) is 11.1 Å². The van der Waals surface area contributed by atoms with Gasteiger partial charge in [-0.1, -0.05) is 39.8 Å². The molecular weight excluding hydrogens is 238 g/mol. The number of fused-ring (bicyclic) bond motifs is 1. The molecule has 0 aromatic carbocycles. The van der Waals surface area contributed by atoms with Gasteiger partial charge in [-0.05, 0) is 23.5 Å². The lowest BCUT2D eigenvalue weighted by atomic mass is 9.90. The van der Waals surface area contributed by atoms with Crippen LogP contribution < -0.4 is 5.32 Å². The van der Waals surface area contributed by atoms with Crippen molar-refractivity contribution in [3.05, 3.63) is 23.5 Å². The summed E-state index contributed by atoms with van der Waals surface area (Å²) in [6.07, 6.45) is 2.74. The second-order valence-electron chi connectivity index (χ2n) is 6.60. The SMILES string of the molecule is CC(C)NCc1cnc2onc(CC(C)(C)C)c2c1. The molecular formula is C15H23N3O. The molecule has 2 aromatic heterocycles. The Morgan fingerprint density at radius 3 is 2.68 bits per heavy atom. The predicted octanol–water partition coefficient (Wildman–Crippen LogP) is 3.31. The van der Waals surface area contributed by atoms with Gasteiger partial charge in [0.2, 0.25) is 0 Å². The lowest BCUT2D eigenvalue weighted by Crippen LogP contribution is -2.21. The fraction of sp³-hybridized carbons (Fsp3) is 0.600. The number of nitrogens with zero attached hydrogens (tertiary/aromatic N) is 2. The fourth-order valence-corrected chi connectivity index (χ4v) is 1.97. The van der Waals surface area contributed by atoms with Crippen LogP contribution in [0.3, 0.4) is 0 Å². The maximum absolute atomic E-state index is 5.29. The molecule has 2 rings (SSSR count). The van der Waals surface area contributed by atoms with Crippen LogP contribution >= 0.6 is 0 Å². The molecule has 0 saturated heterocycles. The average molecular weight is 261 g/mol. The Bertz CT molecular complexity index is 552. The van der Waals surface area contributed by atoms with Crippen molar-refractivity contribution in [1.82, 2.24) is 15.5 Å². The van der Waals surface area contributed by atoms with Crippen molar-refractivity contribution in [1.29, 1.82) is 0 Å². The molecule has 0 unspecified atom stereocenters. The number of rotatable bonds is 4. The number of nitrogens with one attached hydrogen (secondary N) is 1.